The number of nitrogens with zero attached hydrogens (tertiary/aromatic N) is 5. The molecule has 5 aromatic rings. The van der Waals surface area contributed by atoms with Crippen LogP contribution in [0.3, 0.4) is 0 Å². The summed E-state index contributed by atoms with van der Waals surface area (Å²) < 4.78 is 7.88. The number of pyridine rings is 1. The molecule has 0 spiro atoms. The van der Waals surface area contributed by atoms with Crippen molar-refractivity contribution in [3.8, 4) is 22.8 Å². The van der Waals surface area contributed by atoms with Gasteiger partial charge in [0.25, 0.3) is 5.89 Å². The number of halogens is 1. The van der Waals surface area contributed by atoms with Crippen molar-refractivity contribution in [2.75, 3.05) is 5.32 Å². The number of nitrogens with one attached hydrogen (secondary N) is 1. The number of anilines is 1. The lowest BCUT2D eigenvalue weighted by atomic mass is 10.1. The van der Waals surface area contributed by atoms with Crippen LogP contribution in [0.2, 0.25) is 5.02 Å². The van der Waals surface area contributed by atoms with Crippen molar-refractivity contribution < 1.29 is 9.32 Å². The van der Waals surface area contributed by atoms with Crippen LogP contribution >= 0.6 is 11.6 Å². The Balaban J connectivity index is 1.45. The highest BCUT2D eigenvalue weighted by Gasteiger charge is 2.19. The molecule has 2 aromatic carbocycles. The highest BCUT2D eigenvalue weighted by atomic mass is 35.5. The minimum atomic E-state index is -0.456. The predicted molar refractivity (Wildman–Crippen MR) is 128 cm³/mol. The van der Waals surface area contributed by atoms with Crippen LogP contribution in [0, 0.1) is 13.8 Å². The molecule has 0 saturated heterocycles. The van der Waals surface area contributed by atoms with Crippen molar-refractivity contribution in [2.24, 2.45) is 0 Å². The average Bonchev–Trinajstić information content (AvgIpc) is 3.41. The molecule has 0 unspecified atom stereocenters. The summed E-state index contributed by atoms with van der Waals surface area (Å²) in [4.78, 5) is 29.9. The maximum Gasteiger partial charge on any atom is 0.350 e. The Morgan fingerprint density at radius 3 is 2.76 bits per heavy atom. The molecule has 0 aliphatic rings. The Hall–Kier alpha value is -4.24. The van der Waals surface area contributed by atoms with E-state index in [4.69, 9.17) is 16.1 Å². The topological polar surface area (TPSA) is 107 Å². The molecule has 34 heavy (non-hydrogen) atoms. The molecule has 170 valence electrons. The van der Waals surface area contributed by atoms with Crippen LogP contribution in [-0.4, -0.2) is 30.2 Å². The van der Waals surface area contributed by atoms with Gasteiger partial charge in [-0.15, -0.1) is 5.10 Å². The summed E-state index contributed by atoms with van der Waals surface area (Å²) in [5, 5.41) is 11.8. The number of rotatable bonds is 5. The summed E-state index contributed by atoms with van der Waals surface area (Å²) in [6.45, 7) is 3.65. The first kappa shape index (κ1) is 21.6. The van der Waals surface area contributed by atoms with E-state index in [9.17, 15) is 9.59 Å². The fourth-order valence-electron chi connectivity index (χ4n) is 3.67. The minimum absolute atomic E-state index is 0.192. The van der Waals surface area contributed by atoms with Gasteiger partial charge in [-0.2, -0.15) is 4.98 Å². The molecule has 0 radical (unpaired) electrons. The lowest BCUT2D eigenvalue weighted by molar-refractivity contribution is -0.117. The van der Waals surface area contributed by atoms with Crippen molar-refractivity contribution in [1.29, 1.82) is 0 Å². The van der Waals surface area contributed by atoms with Gasteiger partial charge in [0.1, 0.15) is 6.54 Å². The molecular formula is C24H19ClN6O3. The molecule has 5 rings (SSSR count). The fourth-order valence-corrected chi connectivity index (χ4v) is 3.86. The lowest BCUT2D eigenvalue weighted by Crippen LogP contribution is -2.28. The van der Waals surface area contributed by atoms with E-state index in [0.717, 1.165) is 15.8 Å². The maximum atomic E-state index is 12.9. The molecule has 0 aliphatic carbocycles. The third kappa shape index (κ3) is 4.08. The molecule has 1 amide bonds. The number of hydrogen-bond acceptors (Lipinski definition) is 6. The van der Waals surface area contributed by atoms with Gasteiger partial charge in [-0.1, -0.05) is 46.6 Å². The van der Waals surface area contributed by atoms with E-state index < -0.39 is 5.69 Å². The first-order valence-electron chi connectivity index (χ1n) is 10.4. The summed E-state index contributed by atoms with van der Waals surface area (Å²) in [6.07, 6.45) is 1.57. The van der Waals surface area contributed by atoms with Gasteiger partial charge >= 0.3 is 5.69 Å². The smallest absolute Gasteiger partial charge is 0.333 e. The standard InChI is InChI=1S/C24H19ClN6O3/c1-14-8-9-19(15(2)11-14)26-20(32)13-31-24(33)30-10-4-7-18(22(30)28-31)23-27-21(29-34-23)16-5-3-6-17(25)12-16/h3-12H,13H2,1-2H3,(H,26,32). The van der Waals surface area contributed by atoms with E-state index in [1.807, 2.05) is 38.1 Å². The molecule has 10 heteroatoms. The SMILES string of the molecule is Cc1ccc(NC(=O)Cn2nc3c(-c4nc(-c5cccc(Cl)c5)no4)cccn3c2=O)c(C)c1. The maximum absolute atomic E-state index is 12.9. The van der Waals surface area contributed by atoms with Gasteiger partial charge in [0.05, 0.1) is 5.56 Å². The Morgan fingerprint density at radius 2 is 1.97 bits per heavy atom. The third-order valence-corrected chi connectivity index (χ3v) is 5.53. The number of carbonyl (C=O) groups is 1. The number of benzene rings is 2. The van der Waals surface area contributed by atoms with Gasteiger partial charge in [0.2, 0.25) is 11.7 Å². The molecule has 0 atom stereocenters. The Morgan fingerprint density at radius 1 is 1.12 bits per heavy atom. The quantitative estimate of drug-likeness (QED) is 0.410. The first-order valence-corrected chi connectivity index (χ1v) is 10.8. The molecule has 3 heterocycles. The summed E-state index contributed by atoms with van der Waals surface area (Å²) in [7, 11) is 0. The number of hydrogen-bond donors (Lipinski definition) is 1. The van der Waals surface area contributed by atoms with Gasteiger partial charge in [-0.3, -0.25) is 4.79 Å². The lowest BCUT2D eigenvalue weighted by Gasteiger charge is -2.08. The Kier molecular flexibility index (Phi) is 5.46. The molecule has 0 bridgehead atoms. The second kappa shape index (κ2) is 8.60. The summed E-state index contributed by atoms with van der Waals surface area (Å²) in [6, 6.07) is 16.2. The van der Waals surface area contributed by atoms with E-state index in [2.05, 4.69) is 20.6 Å². The van der Waals surface area contributed by atoms with Crippen LogP contribution in [0.15, 0.2) is 70.1 Å². The highest BCUT2D eigenvalue weighted by Crippen LogP contribution is 2.26. The second-order valence-electron chi connectivity index (χ2n) is 7.86. The first-order chi connectivity index (χ1) is 16.4. The van der Waals surface area contributed by atoms with Crippen molar-refractivity contribution in [1.82, 2.24) is 24.3 Å². The van der Waals surface area contributed by atoms with Crippen molar-refractivity contribution in [3.05, 3.63) is 87.4 Å². The predicted octanol–water partition coefficient (Wildman–Crippen LogP) is 4.12. The number of fused-ring (bicyclic) bond motifs is 1. The van der Waals surface area contributed by atoms with Crippen LogP contribution in [-0.2, 0) is 11.3 Å². The molecule has 1 N–H and O–H groups in total. The normalized spacial score (nSPS) is 11.1. The van der Waals surface area contributed by atoms with Crippen LogP contribution < -0.4 is 11.0 Å². The van der Waals surface area contributed by atoms with E-state index >= 15 is 0 Å². The number of aryl methyl sites for hydroxylation is 2. The van der Waals surface area contributed by atoms with Crippen LogP contribution in [0.25, 0.3) is 28.5 Å². The van der Waals surface area contributed by atoms with Crippen molar-refractivity contribution >= 4 is 28.8 Å². The monoisotopic (exact) mass is 474 g/mol. The van der Waals surface area contributed by atoms with Crippen LogP contribution in [0.5, 0.6) is 0 Å². The molecular weight excluding hydrogens is 456 g/mol. The summed E-state index contributed by atoms with van der Waals surface area (Å²) in [5.41, 5.74) is 3.72. The molecule has 0 aliphatic heterocycles. The highest BCUT2D eigenvalue weighted by molar-refractivity contribution is 6.30. The van der Waals surface area contributed by atoms with Crippen molar-refractivity contribution in [2.45, 2.75) is 20.4 Å². The van der Waals surface area contributed by atoms with Gasteiger partial charge in [-0.05, 0) is 49.7 Å². The summed E-state index contributed by atoms with van der Waals surface area (Å²) >= 11 is 6.06. The van der Waals surface area contributed by atoms with E-state index in [0.29, 0.717) is 33.3 Å². The van der Waals surface area contributed by atoms with E-state index in [-0.39, 0.29) is 18.3 Å². The van der Waals surface area contributed by atoms with Crippen LogP contribution in [0.1, 0.15) is 11.1 Å². The largest absolute Gasteiger partial charge is 0.350 e. The van der Waals surface area contributed by atoms with E-state index in [1.165, 1.54) is 4.40 Å². The zero-order valence-corrected chi connectivity index (χ0v) is 19.1. The van der Waals surface area contributed by atoms with Crippen molar-refractivity contribution in [3.63, 3.8) is 0 Å². The Bertz CT molecular complexity index is 1600. The molecule has 0 fully saturated rings. The second-order valence-corrected chi connectivity index (χ2v) is 8.29. The van der Waals surface area contributed by atoms with Gasteiger partial charge in [0.15, 0.2) is 5.65 Å². The zero-order valence-electron chi connectivity index (χ0n) is 18.3. The molecule has 9 nitrogen and oxygen atoms in total. The van der Waals surface area contributed by atoms with E-state index in [1.54, 1.807) is 36.5 Å². The number of carbonyl (C=O) groups excluding carboxylic acids is 1. The van der Waals surface area contributed by atoms with Gasteiger partial charge < -0.3 is 9.84 Å². The number of amides is 1. The number of aromatic nitrogens is 5. The fraction of sp³-hybridized carbons (Fsp3) is 0.125. The van der Waals surface area contributed by atoms with Crippen LogP contribution in [0.4, 0.5) is 5.69 Å². The molecule has 3 aromatic heterocycles. The van der Waals surface area contributed by atoms with Gasteiger partial charge in [0, 0.05) is 22.5 Å². The minimum Gasteiger partial charge on any atom is -0.333 e. The average molecular weight is 475 g/mol. The zero-order chi connectivity index (χ0) is 23.8. The third-order valence-electron chi connectivity index (χ3n) is 5.30. The Labute approximate surface area is 198 Å². The van der Waals surface area contributed by atoms with Gasteiger partial charge in [-0.25, -0.2) is 13.9 Å². The molecule has 0 saturated carbocycles. The summed E-state index contributed by atoms with van der Waals surface area (Å²) in [5.74, 6) is 0.187.